The Morgan fingerprint density at radius 3 is 2.72 bits per heavy atom. The van der Waals surface area contributed by atoms with Crippen LogP contribution in [0.3, 0.4) is 0 Å². The predicted molar refractivity (Wildman–Crippen MR) is 96.9 cm³/mol. The van der Waals surface area contributed by atoms with Crippen molar-refractivity contribution in [3.05, 3.63) is 40.2 Å². The summed E-state index contributed by atoms with van der Waals surface area (Å²) in [5, 5.41) is 22.6. The van der Waals surface area contributed by atoms with E-state index in [0.29, 0.717) is 5.16 Å². The fraction of sp³-hybridized carbons (Fsp3) is 0.438. The molecule has 0 radical (unpaired) electrons. The van der Waals surface area contributed by atoms with E-state index in [9.17, 15) is 14.9 Å². The van der Waals surface area contributed by atoms with Gasteiger partial charge in [-0.2, -0.15) is 0 Å². The first kappa shape index (κ1) is 18.9. The maximum absolute atomic E-state index is 12.2. The Bertz CT molecular complexity index is 760. The number of thioether (sulfide) groups is 1. The van der Waals surface area contributed by atoms with Crippen LogP contribution in [0.25, 0.3) is 0 Å². The number of para-hydroxylation sites is 2. The van der Waals surface area contributed by atoms with E-state index in [1.54, 1.807) is 12.1 Å². The molecule has 0 bridgehead atoms. The van der Waals surface area contributed by atoms with Crippen molar-refractivity contribution in [2.24, 2.45) is 0 Å². The second kappa shape index (κ2) is 8.61. The van der Waals surface area contributed by atoms with E-state index in [1.165, 1.54) is 23.9 Å². The number of nitro benzene ring substituents is 1. The van der Waals surface area contributed by atoms with Crippen LogP contribution in [0.1, 0.15) is 38.9 Å². The van der Waals surface area contributed by atoms with Crippen molar-refractivity contribution < 1.29 is 9.72 Å². The lowest BCUT2D eigenvalue weighted by molar-refractivity contribution is -0.383. The number of benzene rings is 1. The van der Waals surface area contributed by atoms with Gasteiger partial charge in [-0.3, -0.25) is 14.9 Å². The van der Waals surface area contributed by atoms with Crippen LogP contribution in [-0.4, -0.2) is 31.3 Å². The topological polar surface area (TPSA) is 103 Å². The Labute approximate surface area is 150 Å². The van der Waals surface area contributed by atoms with E-state index in [4.69, 9.17) is 0 Å². The first-order valence-electron chi connectivity index (χ1n) is 8.03. The molecule has 2 rings (SSSR count). The van der Waals surface area contributed by atoms with Crippen molar-refractivity contribution in [2.75, 3.05) is 11.1 Å². The number of carbonyl (C=O) groups is 1. The van der Waals surface area contributed by atoms with E-state index < -0.39 is 4.92 Å². The van der Waals surface area contributed by atoms with E-state index in [-0.39, 0.29) is 29.0 Å². The fourth-order valence-corrected chi connectivity index (χ4v) is 3.09. The lowest BCUT2D eigenvalue weighted by Gasteiger charge is -2.10. The summed E-state index contributed by atoms with van der Waals surface area (Å²) in [6.45, 7) is 6.95. The first-order chi connectivity index (χ1) is 11.9. The minimum atomic E-state index is -0.518. The van der Waals surface area contributed by atoms with Gasteiger partial charge in [0.1, 0.15) is 11.5 Å². The zero-order chi connectivity index (χ0) is 18.4. The number of nitrogens with one attached hydrogen (secondary N) is 1. The van der Waals surface area contributed by atoms with Gasteiger partial charge in [-0.15, -0.1) is 10.2 Å². The number of aromatic nitrogens is 3. The molecule has 0 aliphatic heterocycles. The van der Waals surface area contributed by atoms with Crippen molar-refractivity contribution in [1.82, 2.24) is 14.8 Å². The molecule has 9 heteroatoms. The molecule has 0 saturated heterocycles. The van der Waals surface area contributed by atoms with E-state index >= 15 is 0 Å². The molecule has 1 aromatic carbocycles. The summed E-state index contributed by atoms with van der Waals surface area (Å²) < 4.78 is 2.02. The van der Waals surface area contributed by atoms with E-state index in [1.807, 2.05) is 18.4 Å². The number of nitrogens with zero attached hydrogens (tertiary/aromatic N) is 4. The van der Waals surface area contributed by atoms with Gasteiger partial charge in [0.25, 0.3) is 5.69 Å². The largest absolute Gasteiger partial charge is 0.320 e. The van der Waals surface area contributed by atoms with Gasteiger partial charge in [0.2, 0.25) is 5.91 Å². The Morgan fingerprint density at radius 2 is 2.08 bits per heavy atom. The van der Waals surface area contributed by atoms with Crippen LogP contribution >= 0.6 is 11.8 Å². The third-order valence-corrected chi connectivity index (χ3v) is 4.38. The van der Waals surface area contributed by atoms with Crippen LogP contribution in [0.5, 0.6) is 0 Å². The van der Waals surface area contributed by atoms with Gasteiger partial charge in [-0.1, -0.05) is 44.7 Å². The van der Waals surface area contributed by atoms with Crippen molar-refractivity contribution in [2.45, 2.75) is 44.8 Å². The lowest BCUT2D eigenvalue weighted by Crippen LogP contribution is -2.16. The van der Waals surface area contributed by atoms with Gasteiger partial charge >= 0.3 is 0 Å². The standard InChI is InChI=1S/C16H21N5O3S/c1-4-9-20-15(11(2)3)18-19-16(20)25-10-14(22)17-12-7-5-6-8-13(12)21(23)24/h5-8,11H,4,9-10H2,1-3H3,(H,17,22). The Morgan fingerprint density at radius 1 is 1.36 bits per heavy atom. The lowest BCUT2D eigenvalue weighted by atomic mass is 10.2. The summed E-state index contributed by atoms with van der Waals surface area (Å²) >= 11 is 1.27. The first-order valence-corrected chi connectivity index (χ1v) is 9.01. The molecule has 1 N–H and O–H groups in total. The monoisotopic (exact) mass is 363 g/mol. The Hall–Kier alpha value is -2.42. The van der Waals surface area contributed by atoms with Gasteiger partial charge in [-0.05, 0) is 12.5 Å². The van der Waals surface area contributed by atoms with Crippen LogP contribution in [0.15, 0.2) is 29.4 Å². The molecular formula is C16H21N5O3S. The summed E-state index contributed by atoms with van der Waals surface area (Å²) in [7, 11) is 0. The Kier molecular flexibility index (Phi) is 6.51. The van der Waals surface area contributed by atoms with Gasteiger partial charge < -0.3 is 9.88 Å². The minimum absolute atomic E-state index is 0.103. The number of amides is 1. The quantitative estimate of drug-likeness (QED) is 0.438. The van der Waals surface area contributed by atoms with E-state index in [2.05, 4.69) is 22.4 Å². The molecule has 0 aliphatic rings. The zero-order valence-electron chi connectivity index (χ0n) is 14.4. The summed E-state index contributed by atoms with van der Waals surface area (Å²) in [4.78, 5) is 22.6. The number of rotatable bonds is 8. The molecular weight excluding hydrogens is 342 g/mol. The van der Waals surface area contributed by atoms with Crippen molar-refractivity contribution >= 4 is 29.0 Å². The highest BCUT2D eigenvalue weighted by molar-refractivity contribution is 7.99. The van der Waals surface area contributed by atoms with Crippen LogP contribution in [0, 0.1) is 10.1 Å². The highest BCUT2D eigenvalue weighted by Crippen LogP contribution is 2.25. The molecule has 0 saturated carbocycles. The maximum atomic E-state index is 12.2. The molecule has 1 heterocycles. The van der Waals surface area contributed by atoms with Crippen molar-refractivity contribution in [3.8, 4) is 0 Å². The second-order valence-electron chi connectivity index (χ2n) is 5.76. The molecule has 134 valence electrons. The average Bonchev–Trinajstić information content (AvgIpc) is 2.96. The molecule has 1 amide bonds. The normalized spacial score (nSPS) is 10.9. The summed E-state index contributed by atoms with van der Waals surface area (Å²) in [6.07, 6.45) is 0.938. The summed E-state index contributed by atoms with van der Waals surface area (Å²) in [6, 6.07) is 6.07. The maximum Gasteiger partial charge on any atom is 0.292 e. The van der Waals surface area contributed by atoms with Crippen LogP contribution in [-0.2, 0) is 11.3 Å². The highest BCUT2D eigenvalue weighted by atomic mass is 32.2. The molecule has 0 spiro atoms. The number of nitro groups is 1. The Balaban J connectivity index is 2.05. The van der Waals surface area contributed by atoms with Gasteiger partial charge in [0.15, 0.2) is 5.16 Å². The molecule has 8 nitrogen and oxygen atoms in total. The van der Waals surface area contributed by atoms with Crippen LogP contribution in [0.4, 0.5) is 11.4 Å². The smallest absolute Gasteiger partial charge is 0.292 e. The highest BCUT2D eigenvalue weighted by Gasteiger charge is 2.18. The molecule has 25 heavy (non-hydrogen) atoms. The fourth-order valence-electron chi connectivity index (χ4n) is 2.32. The molecule has 0 unspecified atom stereocenters. The van der Waals surface area contributed by atoms with Crippen LogP contribution in [0.2, 0.25) is 0 Å². The molecule has 2 aromatic rings. The molecule has 1 aromatic heterocycles. The second-order valence-corrected chi connectivity index (χ2v) is 6.70. The number of hydrogen-bond acceptors (Lipinski definition) is 6. The predicted octanol–water partition coefficient (Wildman–Crippen LogP) is 3.45. The van der Waals surface area contributed by atoms with Crippen LogP contribution < -0.4 is 5.32 Å². The van der Waals surface area contributed by atoms with Crippen molar-refractivity contribution in [1.29, 1.82) is 0 Å². The number of anilines is 1. The van der Waals surface area contributed by atoms with Gasteiger partial charge in [0, 0.05) is 18.5 Å². The number of carbonyl (C=O) groups excluding carboxylic acids is 1. The minimum Gasteiger partial charge on any atom is -0.320 e. The van der Waals surface area contributed by atoms with Gasteiger partial charge in [-0.25, -0.2) is 0 Å². The SMILES string of the molecule is CCCn1c(SCC(=O)Nc2ccccc2[N+](=O)[O-])nnc1C(C)C. The molecule has 0 atom stereocenters. The molecule has 0 fully saturated rings. The number of hydrogen-bond donors (Lipinski definition) is 1. The summed E-state index contributed by atoms with van der Waals surface area (Å²) in [5.41, 5.74) is 0.0630. The van der Waals surface area contributed by atoms with Crippen molar-refractivity contribution in [3.63, 3.8) is 0 Å². The molecule has 0 aliphatic carbocycles. The average molecular weight is 363 g/mol. The third kappa shape index (κ3) is 4.79. The summed E-state index contributed by atoms with van der Waals surface area (Å²) in [5.74, 6) is 0.917. The third-order valence-electron chi connectivity index (χ3n) is 3.42. The van der Waals surface area contributed by atoms with E-state index in [0.717, 1.165) is 18.8 Å². The van der Waals surface area contributed by atoms with Gasteiger partial charge in [0.05, 0.1) is 10.7 Å². The zero-order valence-corrected chi connectivity index (χ0v) is 15.2.